The normalized spacial score (nSPS) is 12.4. The van der Waals surface area contributed by atoms with Crippen molar-refractivity contribution in [2.75, 3.05) is 18.9 Å². The van der Waals surface area contributed by atoms with Crippen LogP contribution in [0.2, 0.25) is 0 Å². The highest BCUT2D eigenvalue weighted by atomic mass is 16.3. The molecule has 4 nitrogen and oxygen atoms in total. The highest BCUT2D eigenvalue weighted by molar-refractivity contribution is 5.92. The molecule has 0 saturated heterocycles. The molecule has 2 aromatic rings. The lowest BCUT2D eigenvalue weighted by Crippen LogP contribution is -3.08. The predicted molar refractivity (Wildman–Crippen MR) is 88.1 cm³/mol. The smallest absolute Gasteiger partial charge is 0.279 e. The van der Waals surface area contributed by atoms with Crippen molar-refractivity contribution in [2.24, 2.45) is 0 Å². The molecule has 2 N–H and O–H groups in total. The summed E-state index contributed by atoms with van der Waals surface area (Å²) in [6, 6.07) is 11.9. The Labute approximate surface area is 132 Å². The summed E-state index contributed by atoms with van der Waals surface area (Å²) in [6.07, 6.45) is 0. The van der Waals surface area contributed by atoms with Gasteiger partial charge in [-0.2, -0.15) is 0 Å². The minimum absolute atomic E-state index is 0.0221. The molecule has 0 saturated carbocycles. The number of anilines is 1. The maximum absolute atomic E-state index is 12.2. The maximum Gasteiger partial charge on any atom is 0.279 e. The molecule has 1 unspecified atom stereocenters. The van der Waals surface area contributed by atoms with Crippen LogP contribution in [0.1, 0.15) is 36.8 Å². The van der Waals surface area contributed by atoms with Gasteiger partial charge in [0.1, 0.15) is 12.3 Å². The Morgan fingerprint density at radius 2 is 1.95 bits per heavy atom. The Kier molecular flexibility index (Phi) is 5.39. The molecule has 1 aromatic carbocycles. The first kappa shape index (κ1) is 16.3. The molecule has 1 amide bonds. The number of benzene rings is 1. The summed E-state index contributed by atoms with van der Waals surface area (Å²) < 4.78 is 5.55. The first-order valence-electron chi connectivity index (χ1n) is 7.71. The van der Waals surface area contributed by atoms with Crippen molar-refractivity contribution in [1.82, 2.24) is 0 Å². The minimum atomic E-state index is 0.0221. The summed E-state index contributed by atoms with van der Waals surface area (Å²) in [5.41, 5.74) is 2.07. The molecule has 0 aliphatic heterocycles. The standard InChI is InChI=1S/C18H24N2O2/c1-13(2)16-7-5-6-8-17(16)19-18(21)12-20(4)11-15-10-9-14(3)22-15/h5-10,13H,11-12H2,1-4H3,(H,19,21)/p+1. The molecule has 0 fully saturated rings. The zero-order valence-corrected chi connectivity index (χ0v) is 13.8. The quantitative estimate of drug-likeness (QED) is 0.860. The van der Waals surface area contributed by atoms with Crippen molar-refractivity contribution >= 4 is 11.6 Å². The van der Waals surface area contributed by atoms with Crippen molar-refractivity contribution in [1.29, 1.82) is 0 Å². The van der Waals surface area contributed by atoms with E-state index in [9.17, 15) is 4.79 Å². The van der Waals surface area contributed by atoms with E-state index in [1.165, 1.54) is 0 Å². The van der Waals surface area contributed by atoms with E-state index in [-0.39, 0.29) is 5.91 Å². The van der Waals surface area contributed by atoms with E-state index in [1.54, 1.807) is 0 Å². The van der Waals surface area contributed by atoms with Crippen molar-refractivity contribution < 1.29 is 14.1 Å². The first-order chi connectivity index (χ1) is 10.5. The third kappa shape index (κ3) is 4.46. The number of nitrogens with one attached hydrogen (secondary N) is 2. The molecule has 1 aromatic heterocycles. The third-order valence-electron chi connectivity index (χ3n) is 3.59. The van der Waals surface area contributed by atoms with E-state index in [2.05, 4.69) is 25.2 Å². The lowest BCUT2D eigenvalue weighted by atomic mass is 10.0. The maximum atomic E-state index is 12.2. The first-order valence-corrected chi connectivity index (χ1v) is 7.71. The van der Waals surface area contributed by atoms with E-state index >= 15 is 0 Å². The predicted octanol–water partition coefficient (Wildman–Crippen LogP) is 2.36. The molecule has 1 heterocycles. The molecule has 0 spiro atoms. The van der Waals surface area contributed by atoms with Crippen molar-refractivity contribution in [2.45, 2.75) is 33.2 Å². The van der Waals surface area contributed by atoms with E-state index in [0.717, 1.165) is 27.7 Å². The second kappa shape index (κ2) is 7.27. The molecular formula is C18H25N2O2+. The van der Waals surface area contributed by atoms with Crippen molar-refractivity contribution in [3.05, 3.63) is 53.5 Å². The summed E-state index contributed by atoms with van der Waals surface area (Å²) >= 11 is 0. The summed E-state index contributed by atoms with van der Waals surface area (Å²) in [6.45, 7) is 7.29. The van der Waals surface area contributed by atoms with Crippen LogP contribution >= 0.6 is 0 Å². The fraction of sp³-hybridized carbons (Fsp3) is 0.389. The summed E-state index contributed by atoms with van der Waals surface area (Å²) in [4.78, 5) is 13.3. The van der Waals surface area contributed by atoms with Gasteiger partial charge >= 0.3 is 0 Å². The van der Waals surface area contributed by atoms with E-state index in [1.807, 2.05) is 44.3 Å². The number of carbonyl (C=O) groups is 1. The zero-order chi connectivity index (χ0) is 16.1. The second-order valence-electron chi connectivity index (χ2n) is 6.11. The van der Waals surface area contributed by atoms with Crippen LogP contribution < -0.4 is 10.2 Å². The molecule has 22 heavy (non-hydrogen) atoms. The van der Waals surface area contributed by atoms with Crippen LogP contribution in [0.15, 0.2) is 40.8 Å². The number of hydrogen-bond acceptors (Lipinski definition) is 2. The number of furan rings is 1. The third-order valence-corrected chi connectivity index (χ3v) is 3.59. The van der Waals surface area contributed by atoms with Gasteiger partial charge < -0.3 is 14.6 Å². The fourth-order valence-electron chi connectivity index (χ4n) is 2.52. The van der Waals surface area contributed by atoms with E-state index in [0.29, 0.717) is 19.0 Å². The number of carbonyl (C=O) groups excluding carboxylic acids is 1. The molecule has 0 bridgehead atoms. The minimum Gasteiger partial charge on any atom is -0.460 e. The summed E-state index contributed by atoms with van der Waals surface area (Å²) in [7, 11) is 1.99. The Morgan fingerprint density at radius 1 is 1.23 bits per heavy atom. The van der Waals surface area contributed by atoms with Crippen LogP contribution in [0.4, 0.5) is 5.69 Å². The van der Waals surface area contributed by atoms with Gasteiger partial charge in [0.2, 0.25) is 0 Å². The van der Waals surface area contributed by atoms with Crippen LogP contribution in [0.3, 0.4) is 0 Å². The lowest BCUT2D eigenvalue weighted by molar-refractivity contribution is -0.886. The SMILES string of the molecule is Cc1ccc(C[NH+](C)CC(=O)Nc2ccccc2C(C)C)o1. The largest absolute Gasteiger partial charge is 0.460 e. The number of likely N-dealkylation sites (N-methyl/N-ethyl adjacent to an activating group) is 1. The Hall–Kier alpha value is -2.07. The molecule has 2 rings (SSSR count). The molecule has 1 atom stereocenters. The number of amides is 1. The second-order valence-corrected chi connectivity index (χ2v) is 6.11. The van der Waals surface area contributed by atoms with Gasteiger partial charge in [0.15, 0.2) is 12.3 Å². The summed E-state index contributed by atoms with van der Waals surface area (Å²) in [5, 5.41) is 3.02. The number of hydrogen-bond donors (Lipinski definition) is 2. The fourth-order valence-corrected chi connectivity index (χ4v) is 2.52. The van der Waals surface area contributed by atoms with Gasteiger partial charge in [0, 0.05) is 5.69 Å². The Bertz CT molecular complexity index is 632. The molecule has 4 heteroatoms. The Morgan fingerprint density at radius 3 is 2.59 bits per heavy atom. The average Bonchev–Trinajstić information content (AvgIpc) is 2.83. The average molecular weight is 301 g/mol. The van der Waals surface area contributed by atoms with E-state index < -0.39 is 0 Å². The molecule has 118 valence electrons. The van der Waals surface area contributed by atoms with Gasteiger partial charge in [-0.3, -0.25) is 4.79 Å². The zero-order valence-electron chi connectivity index (χ0n) is 13.8. The topological polar surface area (TPSA) is 46.7 Å². The van der Waals surface area contributed by atoms with Gasteiger partial charge in [0.05, 0.1) is 7.05 Å². The lowest BCUT2D eigenvalue weighted by Gasteiger charge is -2.15. The number of quaternary nitrogens is 1. The van der Waals surface area contributed by atoms with E-state index in [4.69, 9.17) is 4.42 Å². The van der Waals surface area contributed by atoms with Gasteiger partial charge in [-0.25, -0.2) is 0 Å². The number of aryl methyl sites for hydroxylation is 1. The highest BCUT2D eigenvalue weighted by Crippen LogP contribution is 2.23. The molecular weight excluding hydrogens is 276 g/mol. The van der Waals surface area contributed by atoms with Gasteiger partial charge in [-0.05, 0) is 36.6 Å². The number of rotatable bonds is 6. The monoisotopic (exact) mass is 301 g/mol. The van der Waals surface area contributed by atoms with Crippen LogP contribution in [0, 0.1) is 6.92 Å². The summed E-state index contributed by atoms with van der Waals surface area (Å²) in [5.74, 6) is 2.21. The van der Waals surface area contributed by atoms with Gasteiger partial charge in [-0.15, -0.1) is 0 Å². The van der Waals surface area contributed by atoms with Crippen LogP contribution in [-0.4, -0.2) is 19.5 Å². The van der Waals surface area contributed by atoms with Crippen molar-refractivity contribution in [3.63, 3.8) is 0 Å². The van der Waals surface area contributed by atoms with Crippen LogP contribution in [-0.2, 0) is 11.3 Å². The molecule has 0 aliphatic rings. The number of para-hydroxylation sites is 1. The highest BCUT2D eigenvalue weighted by Gasteiger charge is 2.14. The van der Waals surface area contributed by atoms with Gasteiger partial charge in [0.25, 0.3) is 5.91 Å². The van der Waals surface area contributed by atoms with Crippen LogP contribution in [0.25, 0.3) is 0 Å². The van der Waals surface area contributed by atoms with Gasteiger partial charge in [-0.1, -0.05) is 32.0 Å². The van der Waals surface area contributed by atoms with Crippen LogP contribution in [0.5, 0.6) is 0 Å². The Balaban J connectivity index is 1.92. The van der Waals surface area contributed by atoms with Crippen molar-refractivity contribution in [3.8, 4) is 0 Å². The molecule has 0 aliphatic carbocycles. The molecule has 0 radical (unpaired) electrons.